The van der Waals surface area contributed by atoms with Crippen LogP contribution in [-0.2, 0) is 4.74 Å². The largest absolute Gasteiger partial charge is 0.371 e. The van der Waals surface area contributed by atoms with Crippen molar-refractivity contribution in [1.82, 2.24) is 0 Å². The van der Waals surface area contributed by atoms with Crippen molar-refractivity contribution < 1.29 is 4.74 Å². The number of rotatable bonds is 4. The van der Waals surface area contributed by atoms with Crippen LogP contribution in [0.25, 0.3) is 0 Å². The third-order valence-corrected chi connectivity index (χ3v) is 2.58. The third kappa shape index (κ3) is 2.98. The van der Waals surface area contributed by atoms with E-state index < -0.39 is 0 Å². The van der Waals surface area contributed by atoms with Gasteiger partial charge >= 0.3 is 0 Å². The van der Waals surface area contributed by atoms with Gasteiger partial charge in [-0.25, -0.2) is 0 Å². The molecule has 0 amide bonds. The SMILES string of the molecule is C=CC(CC)OC1CCCCC1. The van der Waals surface area contributed by atoms with Crippen LogP contribution in [0.1, 0.15) is 45.4 Å². The molecule has 0 aromatic carbocycles. The molecule has 70 valence electrons. The topological polar surface area (TPSA) is 9.23 Å². The maximum Gasteiger partial charge on any atom is 0.0754 e. The Balaban J connectivity index is 2.22. The van der Waals surface area contributed by atoms with Gasteiger partial charge in [-0.3, -0.25) is 0 Å². The quantitative estimate of drug-likeness (QED) is 0.585. The fourth-order valence-corrected chi connectivity index (χ4v) is 1.77. The van der Waals surface area contributed by atoms with Crippen LogP contribution in [0.15, 0.2) is 12.7 Å². The van der Waals surface area contributed by atoms with E-state index in [2.05, 4.69) is 13.5 Å². The lowest BCUT2D eigenvalue weighted by molar-refractivity contribution is -0.00819. The highest BCUT2D eigenvalue weighted by Gasteiger charge is 2.16. The second kappa shape index (κ2) is 5.36. The molecule has 0 aromatic heterocycles. The summed E-state index contributed by atoms with van der Waals surface area (Å²) in [7, 11) is 0. The van der Waals surface area contributed by atoms with Gasteiger partial charge < -0.3 is 4.74 Å². The Kier molecular flexibility index (Phi) is 4.37. The van der Waals surface area contributed by atoms with Crippen LogP contribution in [0.2, 0.25) is 0 Å². The molecule has 0 aromatic rings. The summed E-state index contributed by atoms with van der Waals surface area (Å²) in [6.07, 6.45) is 10.4. The summed E-state index contributed by atoms with van der Waals surface area (Å²) >= 11 is 0. The molecule has 1 atom stereocenters. The fraction of sp³-hybridized carbons (Fsp3) is 0.818. The summed E-state index contributed by atoms with van der Waals surface area (Å²) in [5.41, 5.74) is 0. The van der Waals surface area contributed by atoms with Crippen molar-refractivity contribution in [3.63, 3.8) is 0 Å². The van der Waals surface area contributed by atoms with Gasteiger partial charge in [0.05, 0.1) is 12.2 Å². The van der Waals surface area contributed by atoms with Crippen LogP contribution >= 0.6 is 0 Å². The lowest BCUT2D eigenvalue weighted by atomic mass is 9.97. The summed E-state index contributed by atoms with van der Waals surface area (Å²) in [5, 5.41) is 0. The average Bonchev–Trinajstić information content (AvgIpc) is 2.16. The van der Waals surface area contributed by atoms with Gasteiger partial charge in [-0.15, -0.1) is 6.58 Å². The van der Waals surface area contributed by atoms with Gasteiger partial charge in [0, 0.05) is 0 Å². The lowest BCUT2D eigenvalue weighted by Gasteiger charge is -2.25. The highest BCUT2D eigenvalue weighted by molar-refractivity contribution is 4.80. The molecule has 1 aliphatic carbocycles. The molecule has 1 rings (SSSR count). The molecular weight excluding hydrogens is 148 g/mol. The minimum Gasteiger partial charge on any atom is -0.371 e. The van der Waals surface area contributed by atoms with Gasteiger partial charge in [0.1, 0.15) is 0 Å². The van der Waals surface area contributed by atoms with Crippen molar-refractivity contribution in [3.8, 4) is 0 Å². The Morgan fingerprint density at radius 2 is 2.08 bits per heavy atom. The smallest absolute Gasteiger partial charge is 0.0754 e. The molecule has 1 unspecified atom stereocenters. The van der Waals surface area contributed by atoms with Crippen LogP contribution in [0, 0.1) is 0 Å². The Bertz CT molecular complexity index is 125. The summed E-state index contributed by atoms with van der Waals surface area (Å²) in [6, 6.07) is 0. The zero-order chi connectivity index (χ0) is 8.81. The maximum absolute atomic E-state index is 5.87. The van der Waals surface area contributed by atoms with Gasteiger partial charge in [0.25, 0.3) is 0 Å². The minimum atomic E-state index is 0.285. The zero-order valence-corrected chi connectivity index (χ0v) is 8.09. The molecule has 0 heterocycles. The summed E-state index contributed by atoms with van der Waals surface area (Å²) in [5.74, 6) is 0. The molecule has 0 spiro atoms. The first kappa shape index (κ1) is 9.79. The highest BCUT2D eigenvalue weighted by Crippen LogP contribution is 2.22. The van der Waals surface area contributed by atoms with Crippen LogP contribution in [0.3, 0.4) is 0 Å². The van der Waals surface area contributed by atoms with Crippen molar-refractivity contribution in [2.75, 3.05) is 0 Å². The van der Waals surface area contributed by atoms with E-state index in [4.69, 9.17) is 4.74 Å². The second-order valence-corrected chi connectivity index (χ2v) is 3.58. The summed E-state index contributed by atoms with van der Waals surface area (Å²) in [4.78, 5) is 0. The highest BCUT2D eigenvalue weighted by atomic mass is 16.5. The molecule has 1 heteroatoms. The van der Waals surface area contributed by atoms with Gasteiger partial charge in [0.2, 0.25) is 0 Å². The molecule has 0 N–H and O–H groups in total. The molecule has 1 saturated carbocycles. The molecule has 0 aliphatic heterocycles. The van der Waals surface area contributed by atoms with E-state index in [0.717, 1.165) is 6.42 Å². The molecule has 1 fully saturated rings. The molecule has 1 nitrogen and oxygen atoms in total. The Morgan fingerprint density at radius 1 is 1.42 bits per heavy atom. The number of ether oxygens (including phenoxy) is 1. The van der Waals surface area contributed by atoms with Crippen molar-refractivity contribution >= 4 is 0 Å². The monoisotopic (exact) mass is 168 g/mol. The first-order valence-corrected chi connectivity index (χ1v) is 5.14. The van der Waals surface area contributed by atoms with Crippen LogP contribution in [0.5, 0.6) is 0 Å². The van der Waals surface area contributed by atoms with E-state index in [1.807, 2.05) is 6.08 Å². The summed E-state index contributed by atoms with van der Waals surface area (Å²) in [6.45, 7) is 5.92. The molecule has 12 heavy (non-hydrogen) atoms. The summed E-state index contributed by atoms with van der Waals surface area (Å²) < 4.78 is 5.87. The normalized spacial score (nSPS) is 22.1. The Hall–Kier alpha value is -0.300. The first-order valence-electron chi connectivity index (χ1n) is 5.14. The van der Waals surface area contributed by atoms with E-state index in [9.17, 15) is 0 Å². The van der Waals surface area contributed by atoms with Gasteiger partial charge in [-0.1, -0.05) is 32.3 Å². The van der Waals surface area contributed by atoms with Crippen molar-refractivity contribution in [2.24, 2.45) is 0 Å². The predicted octanol–water partition coefficient (Wildman–Crippen LogP) is 3.30. The van der Waals surface area contributed by atoms with Gasteiger partial charge in [-0.05, 0) is 19.3 Å². The van der Waals surface area contributed by atoms with Gasteiger partial charge in [-0.2, -0.15) is 0 Å². The van der Waals surface area contributed by atoms with Crippen LogP contribution in [0.4, 0.5) is 0 Å². The molecule has 0 bridgehead atoms. The fourth-order valence-electron chi connectivity index (χ4n) is 1.77. The van der Waals surface area contributed by atoms with Crippen molar-refractivity contribution in [2.45, 2.75) is 57.7 Å². The maximum atomic E-state index is 5.87. The van der Waals surface area contributed by atoms with Crippen molar-refractivity contribution in [3.05, 3.63) is 12.7 Å². The van der Waals surface area contributed by atoms with E-state index in [0.29, 0.717) is 6.10 Å². The van der Waals surface area contributed by atoms with E-state index in [1.54, 1.807) is 0 Å². The predicted molar refractivity (Wildman–Crippen MR) is 52.2 cm³/mol. The molecular formula is C11H20O. The lowest BCUT2D eigenvalue weighted by Crippen LogP contribution is -2.22. The molecule has 0 radical (unpaired) electrons. The Morgan fingerprint density at radius 3 is 2.58 bits per heavy atom. The number of hydrogen-bond acceptors (Lipinski definition) is 1. The third-order valence-electron chi connectivity index (χ3n) is 2.58. The standard InChI is InChI=1S/C11H20O/c1-3-10(4-2)12-11-8-6-5-7-9-11/h3,10-11H,1,4-9H2,2H3. The van der Waals surface area contributed by atoms with E-state index >= 15 is 0 Å². The minimum absolute atomic E-state index is 0.285. The second-order valence-electron chi connectivity index (χ2n) is 3.58. The van der Waals surface area contributed by atoms with Gasteiger partial charge in [0.15, 0.2) is 0 Å². The van der Waals surface area contributed by atoms with Crippen LogP contribution < -0.4 is 0 Å². The first-order chi connectivity index (χ1) is 5.86. The molecule has 1 aliphatic rings. The van der Waals surface area contributed by atoms with Crippen molar-refractivity contribution in [1.29, 1.82) is 0 Å². The zero-order valence-electron chi connectivity index (χ0n) is 8.09. The number of hydrogen-bond donors (Lipinski definition) is 0. The van der Waals surface area contributed by atoms with E-state index in [1.165, 1.54) is 32.1 Å². The average molecular weight is 168 g/mol. The van der Waals surface area contributed by atoms with Crippen LogP contribution in [-0.4, -0.2) is 12.2 Å². The van der Waals surface area contributed by atoms with E-state index in [-0.39, 0.29) is 6.10 Å². The Labute approximate surface area is 75.8 Å². The molecule has 0 saturated heterocycles.